The summed E-state index contributed by atoms with van der Waals surface area (Å²) in [6, 6.07) is 11.9. The minimum Gasteiger partial charge on any atom is -0.452 e. The van der Waals surface area contributed by atoms with E-state index in [1.165, 1.54) is 42.5 Å². The Morgan fingerprint density at radius 1 is 0.892 bits per heavy atom. The highest BCUT2D eigenvalue weighted by Gasteiger charge is 2.66. The van der Waals surface area contributed by atoms with Crippen LogP contribution < -0.4 is 15.8 Å². The number of imide groups is 1. The number of hydrogen-bond acceptors (Lipinski definition) is 6. The maximum Gasteiger partial charge on any atom is 0.338 e. The number of carbonyl (C=O) groups is 5. The molecule has 9 nitrogen and oxygen atoms in total. The SMILES string of the molecule is O=C(COC(=O)c1cccc(N2C(=O)[C@@H]3[C@H]4C[C@@H]([C@H](Cl)[C@H]4Cl)[C@@H]3C2=O)c1)NNC(=O)c1ccc(Cl)cc1. The molecule has 192 valence electrons. The van der Waals surface area contributed by atoms with Crippen LogP contribution in [0.15, 0.2) is 48.5 Å². The summed E-state index contributed by atoms with van der Waals surface area (Å²) in [6.07, 6.45) is 0.650. The van der Waals surface area contributed by atoms with Crippen molar-refractivity contribution in [1.82, 2.24) is 10.9 Å². The van der Waals surface area contributed by atoms with Crippen LogP contribution in [0.1, 0.15) is 27.1 Å². The Kier molecular flexibility index (Phi) is 6.87. The molecule has 2 aromatic rings. The average molecular weight is 565 g/mol. The number of nitrogens with one attached hydrogen (secondary N) is 2. The fraction of sp³-hybridized carbons (Fsp3) is 0.320. The first kappa shape index (κ1) is 25.5. The standard InChI is InChI=1S/C25H20Cl3N3O6/c26-13-6-4-11(5-7-13)22(33)30-29-17(32)10-37-25(36)12-2-1-3-14(8-12)31-23(34)18-15-9-16(19(18)24(31)35)21(28)20(15)27/h1-8,15-16,18-21H,9-10H2,(H,29,32)(H,30,33)/t15-,16-,18-,19+,20+,21+/m1/s1. The van der Waals surface area contributed by atoms with Crippen LogP contribution in [0.2, 0.25) is 5.02 Å². The van der Waals surface area contributed by atoms with Gasteiger partial charge in [0.2, 0.25) is 11.8 Å². The molecule has 2 aromatic carbocycles. The summed E-state index contributed by atoms with van der Waals surface area (Å²) in [5, 5.41) is -0.279. The highest BCUT2D eigenvalue weighted by atomic mass is 35.5. The number of ether oxygens (including phenoxy) is 1. The minimum atomic E-state index is -0.845. The molecule has 3 aliphatic rings. The normalized spacial score (nSPS) is 27.7. The first-order valence-corrected chi connectivity index (χ1v) is 12.7. The lowest BCUT2D eigenvalue weighted by Crippen LogP contribution is -2.43. The van der Waals surface area contributed by atoms with Gasteiger partial charge in [-0.3, -0.25) is 34.9 Å². The number of rotatable bonds is 5. The lowest BCUT2D eigenvalue weighted by Gasteiger charge is -2.28. The predicted molar refractivity (Wildman–Crippen MR) is 134 cm³/mol. The summed E-state index contributed by atoms with van der Waals surface area (Å²) in [4.78, 5) is 64.0. The van der Waals surface area contributed by atoms with Crippen molar-refractivity contribution in [2.75, 3.05) is 11.5 Å². The van der Waals surface area contributed by atoms with E-state index in [-0.39, 0.29) is 51.2 Å². The Hall–Kier alpha value is -3.14. The van der Waals surface area contributed by atoms with E-state index in [9.17, 15) is 24.0 Å². The van der Waals surface area contributed by atoms with Gasteiger partial charge in [0, 0.05) is 10.6 Å². The van der Waals surface area contributed by atoms with Crippen LogP contribution in [0, 0.1) is 23.7 Å². The Morgan fingerprint density at radius 2 is 1.51 bits per heavy atom. The van der Waals surface area contributed by atoms with Gasteiger partial charge in [-0.25, -0.2) is 4.79 Å². The van der Waals surface area contributed by atoms with Crippen molar-refractivity contribution in [3.05, 3.63) is 64.7 Å². The van der Waals surface area contributed by atoms with E-state index in [2.05, 4.69) is 10.9 Å². The molecule has 0 unspecified atom stereocenters. The second-order valence-corrected chi connectivity index (χ2v) is 10.6. The third-order valence-electron chi connectivity index (χ3n) is 7.08. The number of hydrogen-bond donors (Lipinski definition) is 2. The number of nitrogens with zero attached hydrogens (tertiary/aromatic N) is 1. The molecule has 4 amide bonds. The summed E-state index contributed by atoms with van der Waals surface area (Å²) in [6.45, 7) is -0.673. The van der Waals surface area contributed by atoms with Gasteiger partial charge in [0.1, 0.15) is 0 Å². The second kappa shape index (κ2) is 9.96. The minimum absolute atomic E-state index is 0.0431. The molecule has 2 aliphatic carbocycles. The number of anilines is 1. The van der Waals surface area contributed by atoms with Crippen LogP contribution in [0.25, 0.3) is 0 Å². The van der Waals surface area contributed by atoms with Crippen molar-refractivity contribution in [3.63, 3.8) is 0 Å². The summed E-state index contributed by atoms with van der Waals surface area (Å²) in [7, 11) is 0. The highest BCUT2D eigenvalue weighted by Crippen LogP contribution is 2.59. The number of amides is 4. The zero-order valence-electron chi connectivity index (χ0n) is 19.0. The largest absolute Gasteiger partial charge is 0.452 e. The van der Waals surface area contributed by atoms with Gasteiger partial charge in [-0.05, 0) is 60.7 Å². The number of benzene rings is 2. The first-order valence-electron chi connectivity index (χ1n) is 11.4. The molecule has 5 rings (SSSR count). The van der Waals surface area contributed by atoms with Gasteiger partial charge >= 0.3 is 5.97 Å². The molecule has 6 atom stereocenters. The van der Waals surface area contributed by atoms with Crippen LogP contribution in [-0.2, 0) is 19.1 Å². The van der Waals surface area contributed by atoms with E-state index in [0.29, 0.717) is 11.4 Å². The first-order chi connectivity index (χ1) is 17.7. The molecule has 1 aliphatic heterocycles. The zero-order chi connectivity index (χ0) is 26.4. The third kappa shape index (κ3) is 4.56. The van der Waals surface area contributed by atoms with Crippen molar-refractivity contribution in [2.45, 2.75) is 17.2 Å². The number of halogens is 3. The Bertz CT molecular complexity index is 1270. The van der Waals surface area contributed by atoms with E-state index in [4.69, 9.17) is 39.5 Å². The van der Waals surface area contributed by atoms with Gasteiger partial charge in [-0.15, -0.1) is 23.2 Å². The van der Waals surface area contributed by atoms with Crippen LogP contribution in [0.5, 0.6) is 0 Å². The van der Waals surface area contributed by atoms with Gasteiger partial charge in [0.25, 0.3) is 11.8 Å². The van der Waals surface area contributed by atoms with E-state index in [1.54, 1.807) is 6.07 Å². The Balaban J connectivity index is 1.19. The molecule has 2 saturated carbocycles. The van der Waals surface area contributed by atoms with E-state index < -0.39 is 36.2 Å². The summed E-state index contributed by atoms with van der Waals surface area (Å²) >= 11 is 18.6. The van der Waals surface area contributed by atoms with Crippen LogP contribution in [0.3, 0.4) is 0 Å². The maximum atomic E-state index is 13.2. The number of alkyl halides is 2. The topological polar surface area (TPSA) is 122 Å². The predicted octanol–water partition coefficient (Wildman–Crippen LogP) is 2.93. The van der Waals surface area contributed by atoms with Crippen LogP contribution in [-0.4, -0.2) is 47.0 Å². The van der Waals surface area contributed by atoms with Gasteiger partial charge < -0.3 is 4.74 Å². The van der Waals surface area contributed by atoms with E-state index >= 15 is 0 Å². The van der Waals surface area contributed by atoms with Gasteiger partial charge in [-0.2, -0.15) is 0 Å². The van der Waals surface area contributed by atoms with Crippen molar-refractivity contribution in [2.24, 2.45) is 23.7 Å². The number of hydrazine groups is 1. The van der Waals surface area contributed by atoms with Gasteiger partial charge in [0.15, 0.2) is 6.61 Å². The molecular formula is C25H20Cl3N3O6. The molecule has 1 saturated heterocycles. The van der Waals surface area contributed by atoms with Crippen molar-refractivity contribution in [1.29, 1.82) is 0 Å². The van der Waals surface area contributed by atoms with Gasteiger partial charge in [0.05, 0.1) is 33.8 Å². The van der Waals surface area contributed by atoms with E-state index in [1.807, 2.05) is 0 Å². The molecule has 2 N–H and O–H groups in total. The molecule has 0 aromatic heterocycles. The summed E-state index contributed by atoms with van der Waals surface area (Å²) in [5.41, 5.74) is 4.89. The molecule has 12 heteroatoms. The average Bonchev–Trinajstić information content (AvgIpc) is 3.51. The number of carbonyl (C=O) groups excluding carboxylic acids is 5. The monoisotopic (exact) mass is 563 g/mol. The summed E-state index contributed by atoms with van der Waals surface area (Å²) in [5.74, 6) is -4.25. The van der Waals surface area contributed by atoms with Crippen LogP contribution >= 0.6 is 34.8 Å². The Morgan fingerprint density at radius 3 is 2.14 bits per heavy atom. The smallest absolute Gasteiger partial charge is 0.338 e. The molecule has 0 radical (unpaired) electrons. The van der Waals surface area contributed by atoms with E-state index in [0.717, 1.165) is 4.90 Å². The fourth-order valence-electron chi connectivity index (χ4n) is 5.43. The molecule has 0 spiro atoms. The van der Waals surface area contributed by atoms with Gasteiger partial charge in [-0.1, -0.05) is 17.7 Å². The zero-order valence-corrected chi connectivity index (χ0v) is 21.3. The lowest BCUT2D eigenvalue weighted by atomic mass is 9.80. The van der Waals surface area contributed by atoms with Crippen molar-refractivity contribution < 1.29 is 28.7 Å². The Labute approximate surface area is 226 Å². The molecule has 1 heterocycles. The fourth-order valence-corrected chi connectivity index (χ4v) is 6.44. The van der Waals surface area contributed by atoms with Crippen molar-refractivity contribution >= 4 is 70.1 Å². The quantitative estimate of drug-likeness (QED) is 0.249. The molecule has 2 bridgehead atoms. The number of esters is 1. The molecule has 3 fully saturated rings. The molecular weight excluding hydrogens is 545 g/mol. The second-order valence-electron chi connectivity index (χ2n) is 9.15. The lowest BCUT2D eigenvalue weighted by molar-refractivity contribution is -0.125. The number of fused-ring (bicyclic) bond motifs is 5. The summed E-state index contributed by atoms with van der Waals surface area (Å²) < 4.78 is 5.02. The maximum absolute atomic E-state index is 13.2. The molecule has 37 heavy (non-hydrogen) atoms. The highest BCUT2D eigenvalue weighted by molar-refractivity contribution is 6.32. The van der Waals surface area contributed by atoms with Crippen molar-refractivity contribution in [3.8, 4) is 0 Å². The van der Waals surface area contributed by atoms with Crippen LogP contribution in [0.4, 0.5) is 5.69 Å². The third-order valence-corrected chi connectivity index (χ3v) is 8.65.